The lowest BCUT2D eigenvalue weighted by Gasteiger charge is -2.17. The van der Waals surface area contributed by atoms with E-state index in [1.807, 2.05) is 19.2 Å². The fraction of sp³-hybridized carbons (Fsp3) is 0.615. The number of urea groups is 1. The Balaban J connectivity index is 2.44. The summed E-state index contributed by atoms with van der Waals surface area (Å²) in [6.45, 7) is 4.03. The number of nitrogens with one attached hydrogen (secondary N) is 2. The largest absolute Gasteiger partial charge is 0.481 e. The lowest BCUT2D eigenvalue weighted by molar-refractivity contribution is -0.141. The number of hydrogen-bond acceptors (Lipinski definition) is 4. The molecule has 1 rings (SSSR count). The molecular formula is C13H21N3O3S. The van der Waals surface area contributed by atoms with Crippen LogP contribution in [0.4, 0.5) is 4.79 Å². The molecule has 1 aromatic heterocycles. The molecule has 112 valence electrons. The molecule has 0 aliphatic rings. The van der Waals surface area contributed by atoms with Crippen LogP contribution in [0.5, 0.6) is 0 Å². The van der Waals surface area contributed by atoms with Crippen molar-refractivity contribution in [3.63, 3.8) is 0 Å². The Kier molecular flexibility index (Phi) is 7.00. The summed E-state index contributed by atoms with van der Waals surface area (Å²) >= 11 is 1.49. The molecule has 1 aromatic rings. The molecule has 0 saturated heterocycles. The predicted molar refractivity (Wildman–Crippen MR) is 77.7 cm³/mol. The summed E-state index contributed by atoms with van der Waals surface area (Å²) in [7, 11) is 0. The quantitative estimate of drug-likeness (QED) is 0.687. The summed E-state index contributed by atoms with van der Waals surface area (Å²) in [4.78, 5) is 27.0. The first-order chi connectivity index (χ1) is 9.58. The summed E-state index contributed by atoms with van der Waals surface area (Å²) in [5, 5.41) is 17.2. The Bertz CT molecular complexity index is 423. The molecule has 20 heavy (non-hydrogen) atoms. The van der Waals surface area contributed by atoms with Crippen LogP contribution in [0.2, 0.25) is 0 Å². The van der Waals surface area contributed by atoms with Crippen LogP contribution in [-0.2, 0) is 4.79 Å². The number of rotatable bonds is 8. The van der Waals surface area contributed by atoms with E-state index in [-0.39, 0.29) is 18.6 Å². The third-order valence-electron chi connectivity index (χ3n) is 2.96. The third kappa shape index (κ3) is 5.16. The molecule has 7 heteroatoms. The number of aliphatic carboxylic acids is 1. The number of carboxylic acids is 1. The van der Waals surface area contributed by atoms with Crippen molar-refractivity contribution in [2.45, 2.75) is 39.2 Å². The highest BCUT2D eigenvalue weighted by Gasteiger charge is 2.19. The van der Waals surface area contributed by atoms with Crippen LogP contribution in [0.1, 0.15) is 44.2 Å². The summed E-state index contributed by atoms with van der Waals surface area (Å²) in [5.74, 6) is -1.41. The normalized spacial score (nSPS) is 13.5. The zero-order chi connectivity index (χ0) is 15.0. The summed E-state index contributed by atoms with van der Waals surface area (Å²) in [5.41, 5.74) is 0. The second kappa shape index (κ2) is 8.52. The fourth-order valence-electron chi connectivity index (χ4n) is 1.83. The van der Waals surface area contributed by atoms with Gasteiger partial charge in [0.15, 0.2) is 0 Å². The molecule has 0 spiro atoms. The van der Waals surface area contributed by atoms with E-state index in [9.17, 15) is 9.59 Å². The maximum atomic E-state index is 11.8. The number of thiazole rings is 1. The number of aromatic nitrogens is 1. The molecule has 0 saturated carbocycles. The minimum Gasteiger partial charge on any atom is -0.481 e. The minimum atomic E-state index is -0.876. The van der Waals surface area contributed by atoms with Gasteiger partial charge in [-0.15, -0.1) is 11.3 Å². The molecule has 6 nitrogen and oxygen atoms in total. The molecular weight excluding hydrogens is 278 g/mol. The van der Waals surface area contributed by atoms with E-state index < -0.39 is 11.9 Å². The number of carboxylic acid groups (broad SMARTS) is 1. The standard InChI is InChI=1S/C13H21N3O3S/c1-3-5-9(12(17)18)8-15-13(19)16-10(4-2)11-14-6-7-20-11/h6-7,9-10H,3-5,8H2,1-2H3,(H,17,18)(H2,15,16,19). The first-order valence-corrected chi connectivity index (χ1v) is 7.63. The number of amides is 2. The Hall–Kier alpha value is -1.63. The van der Waals surface area contributed by atoms with Crippen molar-refractivity contribution in [3.05, 3.63) is 16.6 Å². The molecule has 0 fully saturated rings. The van der Waals surface area contributed by atoms with Crippen LogP contribution < -0.4 is 10.6 Å². The lowest BCUT2D eigenvalue weighted by atomic mass is 10.0. The third-order valence-corrected chi connectivity index (χ3v) is 3.85. The molecule has 1 heterocycles. The first-order valence-electron chi connectivity index (χ1n) is 6.75. The number of carbonyl (C=O) groups is 2. The predicted octanol–water partition coefficient (Wildman–Crippen LogP) is 2.39. The second-order valence-electron chi connectivity index (χ2n) is 4.51. The van der Waals surface area contributed by atoms with Crippen LogP contribution in [0.25, 0.3) is 0 Å². The van der Waals surface area contributed by atoms with Gasteiger partial charge in [0, 0.05) is 18.1 Å². The van der Waals surface area contributed by atoms with Crippen molar-refractivity contribution in [1.29, 1.82) is 0 Å². The summed E-state index contributed by atoms with van der Waals surface area (Å²) < 4.78 is 0. The SMILES string of the molecule is CCCC(CNC(=O)NC(CC)c1nccs1)C(=O)O. The average Bonchev–Trinajstić information content (AvgIpc) is 2.94. The van der Waals surface area contributed by atoms with Gasteiger partial charge in [-0.1, -0.05) is 20.3 Å². The Morgan fingerprint density at radius 1 is 1.45 bits per heavy atom. The number of hydrogen-bond donors (Lipinski definition) is 3. The fourth-order valence-corrected chi connectivity index (χ4v) is 2.60. The molecule has 0 aliphatic heterocycles. The molecule has 0 bridgehead atoms. The van der Waals surface area contributed by atoms with Gasteiger partial charge < -0.3 is 15.7 Å². The number of nitrogens with zero attached hydrogens (tertiary/aromatic N) is 1. The van der Waals surface area contributed by atoms with Crippen LogP contribution in [-0.4, -0.2) is 28.6 Å². The highest BCUT2D eigenvalue weighted by Crippen LogP contribution is 2.18. The van der Waals surface area contributed by atoms with E-state index in [2.05, 4.69) is 15.6 Å². The Labute approximate surface area is 122 Å². The lowest BCUT2D eigenvalue weighted by Crippen LogP contribution is -2.41. The molecule has 2 unspecified atom stereocenters. The maximum absolute atomic E-state index is 11.8. The Morgan fingerprint density at radius 3 is 2.70 bits per heavy atom. The second-order valence-corrected chi connectivity index (χ2v) is 5.44. The zero-order valence-electron chi connectivity index (χ0n) is 11.8. The van der Waals surface area contributed by atoms with Gasteiger partial charge >= 0.3 is 12.0 Å². The molecule has 0 aromatic carbocycles. The summed E-state index contributed by atoms with van der Waals surface area (Å²) in [6, 6.07) is -0.487. The van der Waals surface area contributed by atoms with Gasteiger partial charge in [-0.3, -0.25) is 4.79 Å². The topological polar surface area (TPSA) is 91.3 Å². The van der Waals surface area contributed by atoms with Gasteiger partial charge in [0.05, 0.1) is 12.0 Å². The van der Waals surface area contributed by atoms with Crippen LogP contribution >= 0.6 is 11.3 Å². The summed E-state index contributed by atoms with van der Waals surface area (Å²) in [6.07, 6.45) is 3.76. The molecule has 0 radical (unpaired) electrons. The van der Waals surface area contributed by atoms with Crippen molar-refractivity contribution in [1.82, 2.24) is 15.6 Å². The van der Waals surface area contributed by atoms with E-state index in [1.54, 1.807) is 6.20 Å². The highest BCUT2D eigenvalue weighted by molar-refractivity contribution is 7.09. The van der Waals surface area contributed by atoms with Gasteiger partial charge in [-0.2, -0.15) is 0 Å². The van der Waals surface area contributed by atoms with Gasteiger partial charge in [0.25, 0.3) is 0 Å². The molecule has 2 amide bonds. The van der Waals surface area contributed by atoms with E-state index in [1.165, 1.54) is 11.3 Å². The smallest absolute Gasteiger partial charge is 0.315 e. The molecule has 0 aliphatic carbocycles. The van der Waals surface area contributed by atoms with Gasteiger partial charge in [0.2, 0.25) is 0 Å². The first kappa shape index (κ1) is 16.4. The van der Waals surface area contributed by atoms with Gasteiger partial charge in [0.1, 0.15) is 5.01 Å². The number of carbonyl (C=O) groups excluding carboxylic acids is 1. The van der Waals surface area contributed by atoms with E-state index in [0.29, 0.717) is 6.42 Å². The van der Waals surface area contributed by atoms with E-state index in [4.69, 9.17) is 5.11 Å². The van der Waals surface area contributed by atoms with Crippen LogP contribution in [0, 0.1) is 5.92 Å². The molecule has 2 atom stereocenters. The zero-order valence-corrected chi connectivity index (χ0v) is 12.6. The van der Waals surface area contributed by atoms with Crippen LogP contribution in [0.3, 0.4) is 0 Å². The van der Waals surface area contributed by atoms with Gasteiger partial charge in [-0.05, 0) is 12.8 Å². The average molecular weight is 299 g/mol. The van der Waals surface area contributed by atoms with Crippen molar-refractivity contribution >= 4 is 23.3 Å². The monoisotopic (exact) mass is 299 g/mol. The maximum Gasteiger partial charge on any atom is 0.315 e. The Morgan fingerprint density at radius 2 is 2.20 bits per heavy atom. The van der Waals surface area contributed by atoms with Crippen molar-refractivity contribution in [2.24, 2.45) is 5.92 Å². The van der Waals surface area contributed by atoms with Gasteiger partial charge in [-0.25, -0.2) is 9.78 Å². The highest BCUT2D eigenvalue weighted by atomic mass is 32.1. The minimum absolute atomic E-state index is 0.135. The van der Waals surface area contributed by atoms with Crippen molar-refractivity contribution in [3.8, 4) is 0 Å². The molecule has 3 N–H and O–H groups in total. The van der Waals surface area contributed by atoms with Crippen LogP contribution in [0.15, 0.2) is 11.6 Å². The van der Waals surface area contributed by atoms with E-state index >= 15 is 0 Å². The van der Waals surface area contributed by atoms with Crippen molar-refractivity contribution in [2.75, 3.05) is 6.54 Å². The van der Waals surface area contributed by atoms with E-state index in [0.717, 1.165) is 17.8 Å². The van der Waals surface area contributed by atoms with Crippen molar-refractivity contribution < 1.29 is 14.7 Å².